The number of hydrogen-bond donors (Lipinski definition) is 0. The molecule has 0 aliphatic carbocycles. The summed E-state index contributed by atoms with van der Waals surface area (Å²) in [6.45, 7) is 7.18. The third kappa shape index (κ3) is 5.15. The minimum absolute atomic E-state index is 0.0290. The third-order valence-corrected chi connectivity index (χ3v) is 5.84. The normalized spacial score (nSPS) is 11.9. The van der Waals surface area contributed by atoms with E-state index in [2.05, 4.69) is 10.2 Å². The first-order valence-electron chi connectivity index (χ1n) is 9.87. The quantitative estimate of drug-likeness (QED) is 0.422. The zero-order valence-electron chi connectivity index (χ0n) is 17.3. The molecule has 0 aliphatic rings. The molecule has 0 saturated carbocycles. The number of nitrogens with zero attached hydrogens (tertiary/aromatic N) is 4. The van der Waals surface area contributed by atoms with Crippen molar-refractivity contribution in [1.82, 2.24) is 14.8 Å². The van der Waals surface area contributed by atoms with Crippen molar-refractivity contribution < 1.29 is 9.53 Å². The molecule has 0 saturated heterocycles. The molecule has 0 radical (unpaired) electrons. The lowest BCUT2D eigenvalue weighted by Crippen LogP contribution is -2.32. The number of thioether (sulfide) groups is 1. The van der Waals surface area contributed by atoms with Crippen LogP contribution in [0.25, 0.3) is 0 Å². The predicted molar refractivity (Wildman–Crippen MR) is 121 cm³/mol. The Labute approximate surface area is 186 Å². The van der Waals surface area contributed by atoms with Crippen molar-refractivity contribution in [3.8, 4) is 5.75 Å². The van der Waals surface area contributed by atoms with Gasteiger partial charge in [-0.3, -0.25) is 4.79 Å². The highest BCUT2D eigenvalue weighted by Crippen LogP contribution is 2.29. The van der Waals surface area contributed by atoms with Crippen molar-refractivity contribution in [2.45, 2.75) is 38.6 Å². The fourth-order valence-corrected chi connectivity index (χ4v) is 4.17. The van der Waals surface area contributed by atoms with Crippen LogP contribution in [-0.2, 0) is 11.3 Å². The molecule has 8 heteroatoms. The molecular weight excluding hydrogens is 420 g/mol. The lowest BCUT2D eigenvalue weighted by molar-refractivity contribution is -0.116. The van der Waals surface area contributed by atoms with E-state index < -0.39 is 0 Å². The summed E-state index contributed by atoms with van der Waals surface area (Å²) >= 11 is 7.58. The molecule has 0 bridgehead atoms. The van der Waals surface area contributed by atoms with Gasteiger partial charge in [0.25, 0.3) is 0 Å². The molecule has 3 aromatic rings. The van der Waals surface area contributed by atoms with Crippen LogP contribution < -0.4 is 9.64 Å². The number of para-hydroxylation sites is 2. The Morgan fingerprint density at radius 3 is 2.50 bits per heavy atom. The molecular formula is C22H25ClN4O2S. The molecule has 0 fully saturated rings. The van der Waals surface area contributed by atoms with Crippen molar-refractivity contribution >= 4 is 35.0 Å². The zero-order chi connectivity index (χ0) is 21.5. The Bertz CT molecular complexity index is 980. The average molecular weight is 445 g/mol. The predicted octanol–water partition coefficient (Wildman–Crippen LogP) is 5.24. The van der Waals surface area contributed by atoms with Crippen LogP contribution in [0.15, 0.2) is 59.8 Å². The highest BCUT2D eigenvalue weighted by atomic mass is 35.5. The van der Waals surface area contributed by atoms with Crippen molar-refractivity contribution in [2.75, 3.05) is 17.2 Å². The maximum Gasteiger partial charge on any atom is 0.237 e. The summed E-state index contributed by atoms with van der Waals surface area (Å²) in [6, 6.07) is 17.0. The van der Waals surface area contributed by atoms with Gasteiger partial charge in [0.2, 0.25) is 5.91 Å². The summed E-state index contributed by atoms with van der Waals surface area (Å²) in [5.41, 5.74) is 0.894. The number of amides is 1. The fourth-order valence-electron chi connectivity index (χ4n) is 3.10. The van der Waals surface area contributed by atoms with Gasteiger partial charge in [0, 0.05) is 18.8 Å². The van der Waals surface area contributed by atoms with Gasteiger partial charge in [0.05, 0.1) is 10.8 Å². The molecule has 6 nitrogen and oxygen atoms in total. The topological polar surface area (TPSA) is 60.3 Å². The molecule has 1 atom stereocenters. The van der Waals surface area contributed by atoms with E-state index in [0.717, 1.165) is 5.69 Å². The van der Waals surface area contributed by atoms with E-state index in [1.165, 1.54) is 11.8 Å². The first-order valence-corrected chi connectivity index (χ1v) is 11.2. The van der Waals surface area contributed by atoms with Crippen LogP contribution in [0, 0.1) is 0 Å². The molecule has 30 heavy (non-hydrogen) atoms. The lowest BCUT2D eigenvalue weighted by Gasteiger charge is -2.21. The van der Waals surface area contributed by atoms with Gasteiger partial charge in [0.1, 0.15) is 5.75 Å². The Morgan fingerprint density at radius 1 is 1.13 bits per heavy atom. The first-order chi connectivity index (χ1) is 14.5. The van der Waals surface area contributed by atoms with E-state index in [4.69, 9.17) is 16.3 Å². The third-order valence-electron chi connectivity index (χ3n) is 4.58. The summed E-state index contributed by atoms with van der Waals surface area (Å²) in [5.74, 6) is 1.60. The van der Waals surface area contributed by atoms with Gasteiger partial charge in [-0.1, -0.05) is 53.7 Å². The van der Waals surface area contributed by atoms with Crippen molar-refractivity contribution in [1.29, 1.82) is 0 Å². The van der Waals surface area contributed by atoms with Crippen LogP contribution in [0.1, 0.15) is 32.7 Å². The van der Waals surface area contributed by atoms with Crippen LogP contribution in [0.5, 0.6) is 5.75 Å². The summed E-state index contributed by atoms with van der Waals surface area (Å²) in [7, 11) is 0. The highest BCUT2D eigenvalue weighted by molar-refractivity contribution is 7.99. The van der Waals surface area contributed by atoms with Crippen molar-refractivity contribution in [3.63, 3.8) is 0 Å². The van der Waals surface area contributed by atoms with Crippen LogP contribution in [0.2, 0.25) is 5.02 Å². The number of halogens is 1. The van der Waals surface area contributed by atoms with Gasteiger partial charge in [-0.15, -0.1) is 10.2 Å². The monoisotopic (exact) mass is 444 g/mol. The van der Waals surface area contributed by atoms with Crippen LogP contribution in [0.4, 0.5) is 5.69 Å². The molecule has 1 heterocycles. The zero-order valence-corrected chi connectivity index (χ0v) is 18.9. The summed E-state index contributed by atoms with van der Waals surface area (Å²) < 4.78 is 7.96. The fraction of sp³-hybridized carbons (Fsp3) is 0.318. The second-order valence-electron chi connectivity index (χ2n) is 6.54. The molecule has 0 N–H and O–H groups in total. The van der Waals surface area contributed by atoms with Crippen molar-refractivity contribution in [2.24, 2.45) is 0 Å². The molecule has 3 rings (SSSR count). The van der Waals surface area contributed by atoms with Gasteiger partial charge < -0.3 is 14.2 Å². The van der Waals surface area contributed by atoms with E-state index >= 15 is 0 Å². The number of ether oxygens (including phenoxy) is 1. The Morgan fingerprint density at radius 2 is 1.83 bits per heavy atom. The van der Waals surface area contributed by atoms with Gasteiger partial charge in [-0.25, -0.2) is 0 Å². The minimum atomic E-state index is -0.334. The number of hydrogen-bond acceptors (Lipinski definition) is 5. The second-order valence-corrected chi connectivity index (χ2v) is 7.89. The number of rotatable bonds is 9. The highest BCUT2D eigenvalue weighted by Gasteiger charge is 2.21. The van der Waals surface area contributed by atoms with Gasteiger partial charge in [0.15, 0.2) is 17.1 Å². The summed E-state index contributed by atoms with van der Waals surface area (Å²) in [6.07, 6.45) is -0.334. The summed E-state index contributed by atoms with van der Waals surface area (Å²) in [4.78, 5) is 14.5. The van der Waals surface area contributed by atoms with Gasteiger partial charge in [-0.2, -0.15) is 0 Å². The minimum Gasteiger partial charge on any atom is -0.481 e. The summed E-state index contributed by atoms with van der Waals surface area (Å²) in [5, 5.41) is 9.85. The molecule has 0 aliphatic heterocycles. The van der Waals surface area contributed by atoms with Crippen LogP contribution in [-0.4, -0.2) is 33.0 Å². The number of benzene rings is 2. The number of anilines is 1. The van der Waals surface area contributed by atoms with Gasteiger partial charge >= 0.3 is 0 Å². The van der Waals surface area contributed by atoms with Crippen LogP contribution >= 0.6 is 23.4 Å². The van der Waals surface area contributed by atoms with Gasteiger partial charge in [-0.05, 0) is 45.0 Å². The lowest BCUT2D eigenvalue weighted by atomic mass is 10.3. The number of carbonyl (C=O) groups is 1. The molecule has 1 amide bonds. The molecule has 1 unspecified atom stereocenters. The van der Waals surface area contributed by atoms with E-state index in [0.29, 0.717) is 34.8 Å². The second kappa shape index (κ2) is 10.5. The molecule has 2 aromatic carbocycles. The molecule has 0 spiro atoms. The van der Waals surface area contributed by atoms with Crippen molar-refractivity contribution in [3.05, 3.63) is 65.4 Å². The van der Waals surface area contributed by atoms with E-state index in [1.807, 2.05) is 73.9 Å². The largest absolute Gasteiger partial charge is 0.481 e. The van der Waals surface area contributed by atoms with E-state index in [1.54, 1.807) is 11.0 Å². The Kier molecular flexibility index (Phi) is 7.76. The Hall–Kier alpha value is -2.51. The standard InChI is InChI=1S/C22H25ClN4O2S/c1-4-26(17-11-7-6-8-12-17)20(28)15-30-22-25-24-21(27(22)5-2)16(3)29-19-14-10-9-13-18(19)23/h6-14,16H,4-5,15H2,1-3H3. The van der Waals surface area contributed by atoms with E-state index in [-0.39, 0.29) is 17.8 Å². The first kappa shape index (κ1) is 22.2. The van der Waals surface area contributed by atoms with E-state index in [9.17, 15) is 4.79 Å². The molecule has 1 aromatic heterocycles. The maximum absolute atomic E-state index is 12.8. The molecule has 158 valence electrons. The van der Waals surface area contributed by atoms with Crippen LogP contribution in [0.3, 0.4) is 0 Å². The number of carbonyl (C=O) groups excluding carboxylic acids is 1. The average Bonchev–Trinajstić information content (AvgIpc) is 3.18. The smallest absolute Gasteiger partial charge is 0.237 e. The number of aromatic nitrogens is 3. The Balaban J connectivity index is 1.69. The SMILES string of the molecule is CCN(C(=O)CSc1nnc(C(C)Oc2ccccc2Cl)n1CC)c1ccccc1. The maximum atomic E-state index is 12.8.